The zero-order valence-electron chi connectivity index (χ0n) is 10.8. The molecule has 6 nitrogen and oxygen atoms in total. The number of aromatic nitrogens is 2. The van der Waals surface area contributed by atoms with Crippen LogP contribution in [0.5, 0.6) is 0 Å². The number of amides is 1. The van der Waals surface area contributed by atoms with Crippen LogP contribution in [0.3, 0.4) is 0 Å². The first-order valence-electron chi connectivity index (χ1n) is 5.82. The van der Waals surface area contributed by atoms with Gasteiger partial charge in [-0.25, -0.2) is 9.97 Å². The van der Waals surface area contributed by atoms with E-state index >= 15 is 0 Å². The molecule has 0 radical (unpaired) electrons. The van der Waals surface area contributed by atoms with Crippen molar-refractivity contribution in [3.8, 4) is 0 Å². The van der Waals surface area contributed by atoms with Gasteiger partial charge in [-0.1, -0.05) is 12.2 Å². The summed E-state index contributed by atoms with van der Waals surface area (Å²) >= 11 is 4.86. The van der Waals surface area contributed by atoms with Gasteiger partial charge in [0.05, 0.1) is 0 Å². The molecular weight excluding hydrogens is 274 g/mol. The molecule has 0 aliphatic heterocycles. The van der Waals surface area contributed by atoms with Crippen molar-refractivity contribution in [3.05, 3.63) is 42.2 Å². The van der Waals surface area contributed by atoms with Crippen LogP contribution in [0.1, 0.15) is 12.6 Å². The van der Waals surface area contributed by atoms with Crippen molar-refractivity contribution in [2.45, 2.75) is 6.92 Å². The van der Waals surface area contributed by atoms with E-state index in [0.717, 1.165) is 11.4 Å². The van der Waals surface area contributed by atoms with Crippen molar-refractivity contribution < 1.29 is 4.79 Å². The predicted molar refractivity (Wildman–Crippen MR) is 81.9 cm³/mol. The number of carbonyl (C=O) groups is 1. The summed E-state index contributed by atoms with van der Waals surface area (Å²) < 4.78 is 0. The number of nitrogens with one attached hydrogen (secondary N) is 2. The van der Waals surface area contributed by atoms with Crippen LogP contribution in [-0.2, 0) is 4.79 Å². The summed E-state index contributed by atoms with van der Waals surface area (Å²) in [6, 6.07) is 8.82. The van der Waals surface area contributed by atoms with Crippen molar-refractivity contribution in [1.82, 2.24) is 9.97 Å². The molecule has 2 rings (SSSR count). The van der Waals surface area contributed by atoms with Gasteiger partial charge in [0.15, 0.2) is 0 Å². The van der Waals surface area contributed by atoms with E-state index in [0.29, 0.717) is 11.6 Å². The van der Waals surface area contributed by atoms with Crippen LogP contribution < -0.4 is 16.4 Å². The maximum atomic E-state index is 10.9. The van der Waals surface area contributed by atoms with Crippen molar-refractivity contribution in [3.63, 3.8) is 0 Å². The molecule has 0 saturated carbocycles. The number of rotatable bonds is 4. The summed E-state index contributed by atoms with van der Waals surface area (Å²) in [5.74, 6) is 0.292. The highest BCUT2D eigenvalue weighted by atomic mass is 32.1. The fourth-order valence-electron chi connectivity index (χ4n) is 1.53. The van der Waals surface area contributed by atoms with Gasteiger partial charge in [-0.2, -0.15) is 0 Å². The summed E-state index contributed by atoms with van der Waals surface area (Å²) in [4.78, 5) is 19.4. The van der Waals surface area contributed by atoms with E-state index in [1.54, 1.807) is 24.4 Å². The van der Waals surface area contributed by atoms with Crippen molar-refractivity contribution in [2.24, 2.45) is 5.73 Å². The lowest BCUT2D eigenvalue weighted by Gasteiger charge is -2.07. The Morgan fingerprint density at radius 1 is 1.20 bits per heavy atom. The first-order valence-corrected chi connectivity index (χ1v) is 6.23. The van der Waals surface area contributed by atoms with Gasteiger partial charge < -0.3 is 16.4 Å². The third-order valence-corrected chi connectivity index (χ3v) is 2.58. The summed E-state index contributed by atoms with van der Waals surface area (Å²) in [5.41, 5.74) is 7.54. The minimum atomic E-state index is -0.113. The van der Waals surface area contributed by atoms with Crippen molar-refractivity contribution >= 4 is 40.4 Å². The molecule has 4 N–H and O–H groups in total. The monoisotopic (exact) mass is 287 g/mol. The average Bonchev–Trinajstić information content (AvgIpc) is 2.41. The predicted octanol–water partition coefficient (Wildman–Crippen LogP) is 1.81. The van der Waals surface area contributed by atoms with Gasteiger partial charge in [0.25, 0.3) is 0 Å². The van der Waals surface area contributed by atoms with Crippen LogP contribution in [0.4, 0.5) is 17.3 Å². The second-order valence-electron chi connectivity index (χ2n) is 4.01. The van der Waals surface area contributed by atoms with E-state index < -0.39 is 0 Å². The molecule has 0 unspecified atom stereocenters. The lowest BCUT2D eigenvalue weighted by molar-refractivity contribution is -0.114. The Kier molecular flexibility index (Phi) is 4.21. The highest BCUT2D eigenvalue weighted by Gasteiger charge is 2.02. The van der Waals surface area contributed by atoms with Crippen LogP contribution in [0, 0.1) is 0 Å². The number of nitrogens with zero attached hydrogens (tertiary/aromatic N) is 2. The first kappa shape index (κ1) is 13.9. The van der Waals surface area contributed by atoms with Gasteiger partial charge in [0.2, 0.25) is 11.9 Å². The zero-order valence-corrected chi connectivity index (χ0v) is 11.6. The Morgan fingerprint density at radius 2 is 1.85 bits per heavy atom. The number of thiocarbonyl (C=S) groups is 1. The normalized spacial score (nSPS) is 9.85. The maximum absolute atomic E-state index is 10.9. The van der Waals surface area contributed by atoms with Crippen LogP contribution in [0.25, 0.3) is 0 Å². The van der Waals surface area contributed by atoms with E-state index in [2.05, 4.69) is 20.6 Å². The summed E-state index contributed by atoms with van der Waals surface area (Å²) in [5, 5.41) is 5.72. The van der Waals surface area contributed by atoms with E-state index in [9.17, 15) is 4.79 Å². The average molecular weight is 287 g/mol. The highest BCUT2D eigenvalue weighted by molar-refractivity contribution is 7.80. The quantitative estimate of drug-likeness (QED) is 0.743. The topological polar surface area (TPSA) is 92.9 Å². The first-order chi connectivity index (χ1) is 9.54. The van der Waals surface area contributed by atoms with Crippen LogP contribution in [0.2, 0.25) is 0 Å². The maximum Gasteiger partial charge on any atom is 0.227 e. The Balaban J connectivity index is 2.11. The van der Waals surface area contributed by atoms with E-state index in [1.165, 1.54) is 6.92 Å². The number of hydrogen-bond acceptors (Lipinski definition) is 5. The van der Waals surface area contributed by atoms with Crippen LogP contribution in [0.15, 0.2) is 36.5 Å². The molecule has 1 amide bonds. The van der Waals surface area contributed by atoms with Gasteiger partial charge in [-0.15, -0.1) is 0 Å². The summed E-state index contributed by atoms with van der Waals surface area (Å²) in [6.45, 7) is 1.46. The largest absolute Gasteiger partial charge is 0.388 e. The molecule has 0 saturated heterocycles. The lowest BCUT2D eigenvalue weighted by Crippen LogP contribution is -2.12. The molecule has 0 aliphatic carbocycles. The van der Waals surface area contributed by atoms with Gasteiger partial charge >= 0.3 is 0 Å². The number of hydrogen-bond donors (Lipinski definition) is 3. The molecule has 1 aromatic heterocycles. The Labute approximate surface area is 121 Å². The van der Waals surface area contributed by atoms with E-state index in [-0.39, 0.29) is 10.9 Å². The van der Waals surface area contributed by atoms with Gasteiger partial charge in [0.1, 0.15) is 10.7 Å². The standard InChI is InChI=1S/C13H13N5OS/c1-8(19)16-9-2-4-10(5-3-9)17-13-15-7-6-11(18-13)12(14)20/h2-7H,1H3,(H2,14,20)(H,16,19)(H,15,17,18). The minimum Gasteiger partial charge on any atom is -0.388 e. The molecule has 2 aromatic rings. The van der Waals surface area contributed by atoms with Gasteiger partial charge in [-0.05, 0) is 30.3 Å². The Hall–Kier alpha value is -2.54. The third-order valence-electron chi connectivity index (χ3n) is 2.37. The molecule has 0 bridgehead atoms. The lowest BCUT2D eigenvalue weighted by atomic mass is 10.3. The number of carbonyl (C=O) groups excluding carboxylic acids is 1. The Morgan fingerprint density at radius 3 is 2.45 bits per heavy atom. The molecule has 1 heterocycles. The Bertz CT molecular complexity index is 641. The summed E-state index contributed by atoms with van der Waals surface area (Å²) in [6.07, 6.45) is 1.58. The number of anilines is 3. The molecule has 7 heteroatoms. The zero-order chi connectivity index (χ0) is 14.5. The molecule has 0 fully saturated rings. The third kappa shape index (κ3) is 3.72. The fraction of sp³-hybridized carbons (Fsp3) is 0.0769. The molecular formula is C13H13N5OS. The van der Waals surface area contributed by atoms with Gasteiger partial charge in [-0.3, -0.25) is 4.79 Å². The minimum absolute atomic E-state index is 0.113. The molecule has 0 aliphatic rings. The second kappa shape index (κ2) is 6.07. The fourth-order valence-corrected chi connectivity index (χ4v) is 1.64. The molecule has 0 spiro atoms. The molecule has 1 aromatic carbocycles. The molecule has 20 heavy (non-hydrogen) atoms. The SMILES string of the molecule is CC(=O)Nc1ccc(Nc2nccc(C(N)=S)n2)cc1. The van der Waals surface area contributed by atoms with Gasteiger partial charge in [0, 0.05) is 24.5 Å². The molecule has 102 valence electrons. The summed E-state index contributed by atoms with van der Waals surface area (Å²) in [7, 11) is 0. The van der Waals surface area contributed by atoms with Crippen LogP contribution >= 0.6 is 12.2 Å². The van der Waals surface area contributed by atoms with Crippen LogP contribution in [-0.4, -0.2) is 20.9 Å². The second-order valence-corrected chi connectivity index (χ2v) is 4.45. The number of nitrogens with two attached hydrogens (primary N) is 1. The van der Waals surface area contributed by atoms with Crippen molar-refractivity contribution in [2.75, 3.05) is 10.6 Å². The van der Waals surface area contributed by atoms with Crippen molar-refractivity contribution in [1.29, 1.82) is 0 Å². The number of benzene rings is 1. The highest BCUT2D eigenvalue weighted by Crippen LogP contribution is 2.16. The smallest absolute Gasteiger partial charge is 0.227 e. The van der Waals surface area contributed by atoms with E-state index in [4.69, 9.17) is 18.0 Å². The van der Waals surface area contributed by atoms with E-state index in [1.807, 2.05) is 12.1 Å². The molecule has 0 atom stereocenters.